The standard InChI is InChI=1S/C15H10N6O4/c22-14-11-6-10(21(24)25)3-4-12(11)18-13(19-14)15(23)20-17-8-9-2-1-5-16-7-9/h1-8H,(H,20,23)(H,18,19,22). The molecule has 0 saturated carbocycles. The number of H-pyrrole nitrogens is 1. The van der Waals surface area contributed by atoms with Gasteiger partial charge in [-0.2, -0.15) is 5.10 Å². The number of hydrazone groups is 1. The van der Waals surface area contributed by atoms with Gasteiger partial charge in [0.15, 0.2) is 0 Å². The van der Waals surface area contributed by atoms with E-state index in [1.165, 1.54) is 18.3 Å². The van der Waals surface area contributed by atoms with Crippen molar-refractivity contribution < 1.29 is 9.72 Å². The van der Waals surface area contributed by atoms with Gasteiger partial charge in [-0.05, 0) is 12.1 Å². The second kappa shape index (κ2) is 6.66. The predicted octanol–water partition coefficient (Wildman–Crippen LogP) is 0.990. The van der Waals surface area contributed by atoms with Crippen LogP contribution in [0.5, 0.6) is 0 Å². The Morgan fingerprint density at radius 1 is 1.36 bits per heavy atom. The first kappa shape index (κ1) is 15.9. The van der Waals surface area contributed by atoms with Gasteiger partial charge in [-0.25, -0.2) is 10.4 Å². The number of rotatable bonds is 4. The average Bonchev–Trinajstić information content (AvgIpc) is 2.62. The van der Waals surface area contributed by atoms with Gasteiger partial charge in [0.1, 0.15) is 0 Å². The summed E-state index contributed by atoms with van der Waals surface area (Å²) in [7, 11) is 0. The fourth-order valence-corrected chi connectivity index (χ4v) is 2.02. The van der Waals surface area contributed by atoms with E-state index in [0.717, 1.165) is 6.07 Å². The molecule has 0 aliphatic heterocycles. The average molecular weight is 338 g/mol. The predicted molar refractivity (Wildman–Crippen MR) is 88.3 cm³/mol. The first-order chi connectivity index (χ1) is 12.0. The molecule has 0 bridgehead atoms. The molecule has 0 atom stereocenters. The Hall–Kier alpha value is -3.95. The van der Waals surface area contributed by atoms with Crippen LogP contribution in [0.4, 0.5) is 5.69 Å². The maximum Gasteiger partial charge on any atom is 0.307 e. The minimum Gasteiger partial charge on any atom is -0.302 e. The van der Waals surface area contributed by atoms with Gasteiger partial charge < -0.3 is 4.98 Å². The van der Waals surface area contributed by atoms with Gasteiger partial charge in [0, 0.05) is 30.1 Å². The highest BCUT2D eigenvalue weighted by atomic mass is 16.6. The molecule has 2 N–H and O–H groups in total. The second-order valence-electron chi connectivity index (χ2n) is 4.86. The number of aromatic amines is 1. The molecule has 10 nitrogen and oxygen atoms in total. The van der Waals surface area contributed by atoms with Crippen LogP contribution in [0.15, 0.2) is 52.6 Å². The quantitative estimate of drug-likeness (QED) is 0.412. The molecule has 3 aromatic rings. The Morgan fingerprint density at radius 3 is 2.92 bits per heavy atom. The minimum absolute atomic E-state index is 0.0182. The largest absolute Gasteiger partial charge is 0.307 e. The van der Waals surface area contributed by atoms with Crippen LogP contribution >= 0.6 is 0 Å². The van der Waals surface area contributed by atoms with Crippen LogP contribution in [-0.2, 0) is 0 Å². The van der Waals surface area contributed by atoms with E-state index in [0.29, 0.717) is 5.56 Å². The number of nitro benzene ring substituents is 1. The molecule has 0 spiro atoms. The minimum atomic E-state index is -0.725. The maximum atomic E-state index is 12.0. The molecule has 10 heteroatoms. The summed E-state index contributed by atoms with van der Waals surface area (Å²) < 4.78 is 0. The van der Waals surface area contributed by atoms with Crippen molar-refractivity contribution in [1.29, 1.82) is 0 Å². The number of hydrogen-bond donors (Lipinski definition) is 2. The summed E-state index contributed by atoms with van der Waals surface area (Å²) in [6.07, 6.45) is 4.54. The van der Waals surface area contributed by atoms with Gasteiger partial charge in [-0.1, -0.05) is 6.07 Å². The molecule has 0 aliphatic rings. The summed E-state index contributed by atoms with van der Waals surface area (Å²) in [6.45, 7) is 0. The van der Waals surface area contributed by atoms with E-state index in [4.69, 9.17) is 0 Å². The summed E-state index contributed by atoms with van der Waals surface area (Å²) in [4.78, 5) is 44.3. The van der Waals surface area contributed by atoms with Crippen molar-refractivity contribution in [2.45, 2.75) is 0 Å². The highest BCUT2D eigenvalue weighted by molar-refractivity contribution is 5.93. The molecular formula is C15H10N6O4. The molecule has 2 heterocycles. The molecule has 124 valence electrons. The molecule has 0 saturated heterocycles. The third kappa shape index (κ3) is 3.52. The molecule has 25 heavy (non-hydrogen) atoms. The SMILES string of the molecule is O=C(NN=Cc1cccnc1)c1nc2ccc([N+](=O)[O-])cc2c(=O)[nH]1. The Kier molecular flexibility index (Phi) is 4.24. The number of non-ortho nitro benzene ring substituents is 1. The molecule has 0 radical (unpaired) electrons. The van der Waals surface area contributed by atoms with Gasteiger partial charge in [0.25, 0.3) is 11.2 Å². The summed E-state index contributed by atoms with van der Waals surface area (Å²) >= 11 is 0. The number of nitrogens with one attached hydrogen (secondary N) is 2. The number of carbonyl (C=O) groups excluding carboxylic acids is 1. The molecule has 3 rings (SSSR count). The van der Waals surface area contributed by atoms with Gasteiger partial charge in [0.05, 0.1) is 22.0 Å². The number of nitro groups is 1. The van der Waals surface area contributed by atoms with Gasteiger partial charge in [0.2, 0.25) is 5.82 Å². The lowest BCUT2D eigenvalue weighted by atomic mass is 10.2. The van der Waals surface area contributed by atoms with E-state index in [2.05, 4.69) is 25.5 Å². The lowest BCUT2D eigenvalue weighted by molar-refractivity contribution is -0.384. The zero-order valence-electron chi connectivity index (χ0n) is 12.5. The Morgan fingerprint density at radius 2 is 2.20 bits per heavy atom. The van der Waals surface area contributed by atoms with Crippen LogP contribution in [0.25, 0.3) is 10.9 Å². The van der Waals surface area contributed by atoms with Crippen molar-refractivity contribution in [3.63, 3.8) is 0 Å². The van der Waals surface area contributed by atoms with Crippen molar-refractivity contribution in [2.24, 2.45) is 5.10 Å². The van der Waals surface area contributed by atoms with Crippen molar-refractivity contribution >= 4 is 28.7 Å². The number of aromatic nitrogens is 3. The first-order valence-electron chi connectivity index (χ1n) is 6.96. The summed E-state index contributed by atoms with van der Waals surface area (Å²) in [5, 5.41) is 14.5. The fourth-order valence-electron chi connectivity index (χ4n) is 2.02. The van der Waals surface area contributed by atoms with Crippen molar-refractivity contribution in [3.05, 3.63) is 74.6 Å². The van der Waals surface area contributed by atoms with Crippen LogP contribution in [-0.4, -0.2) is 32.0 Å². The van der Waals surface area contributed by atoms with E-state index in [9.17, 15) is 19.7 Å². The van der Waals surface area contributed by atoms with Crippen LogP contribution in [0.2, 0.25) is 0 Å². The molecule has 0 unspecified atom stereocenters. The van der Waals surface area contributed by atoms with Crippen LogP contribution in [0.1, 0.15) is 16.2 Å². The van der Waals surface area contributed by atoms with Crippen molar-refractivity contribution in [2.75, 3.05) is 0 Å². The Labute approximate surface area is 139 Å². The summed E-state index contributed by atoms with van der Waals surface area (Å²) in [6, 6.07) is 7.06. The smallest absolute Gasteiger partial charge is 0.302 e. The lowest BCUT2D eigenvalue weighted by Gasteiger charge is -2.02. The highest BCUT2D eigenvalue weighted by Gasteiger charge is 2.14. The van der Waals surface area contributed by atoms with Crippen LogP contribution in [0, 0.1) is 10.1 Å². The third-order valence-electron chi connectivity index (χ3n) is 3.18. The topological polar surface area (TPSA) is 143 Å². The van der Waals surface area contributed by atoms with E-state index in [-0.39, 0.29) is 22.4 Å². The normalized spacial score (nSPS) is 10.9. The zero-order valence-corrected chi connectivity index (χ0v) is 12.5. The Bertz CT molecular complexity index is 1040. The van der Waals surface area contributed by atoms with Gasteiger partial charge in [-0.3, -0.25) is 24.7 Å². The number of hydrogen-bond acceptors (Lipinski definition) is 7. The number of nitrogens with zero attached hydrogens (tertiary/aromatic N) is 4. The van der Waals surface area contributed by atoms with Crippen molar-refractivity contribution in [3.8, 4) is 0 Å². The molecule has 1 amide bonds. The van der Waals surface area contributed by atoms with Crippen molar-refractivity contribution in [1.82, 2.24) is 20.4 Å². The maximum absolute atomic E-state index is 12.0. The monoisotopic (exact) mass is 338 g/mol. The van der Waals surface area contributed by atoms with E-state index >= 15 is 0 Å². The van der Waals surface area contributed by atoms with E-state index in [1.54, 1.807) is 24.5 Å². The molecule has 0 aliphatic carbocycles. The molecule has 0 fully saturated rings. The third-order valence-corrected chi connectivity index (χ3v) is 3.18. The van der Waals surface area contributed by atoms with Crippen LogP contribution < -0.4 is 11.0 Å². The first-order valence-corrected chi connectivity index (χ1v) is 6.96. The van der Waals surface area contributed by atoms with Gasteiger partial charge in [-0.15, -0.1) is 0 Å². The van der Waals surface area contributed by atoms with E-state index in [1.807, 2.05) is 0 Å². The number of benzene rings is 1. The number of carbonyl (C=O) groups is 1. The number of amides is 1. The molecule has 2 aromatic heterocycles. The summed E-state index contributed by atoms with van der Waals surface area (Å²) in [5.74, 6) is -0.979. The molecular weight excluding hydrogens is 328 g/mol. The van der Waals surface area contributed by atoms with Gasteiger partial charge >= 0.3 is 5.91 Å². The second-order valence-corrected chi connectivity index (χ2v) is 4.86. The number of fused-ring (bicyclic) bond motifs is 1. The van der Waals surface area contributed by atoms with E-state index < -0.39 is 16.4 Å². The fraction of sp³-hybridized carbons (Fsp3) is 0. The highest BCUT2D eigenvalue weighted by Crippen LogP contribution is 2.16. The van der Waals surface area contributed by atoms with Crippen LogP contribution in [0.3, 0.4) is 0 Å². The number of pyridine rings is 1. The Balaban J connectivity index is 1.85. The lowest BCUT2D eigenvalue weighted by Crippen LogP contribution is -2.24. The summed E-state index contributed by atoms with van der Waals surface area (Å²) in [5.41, 5.74) is 2.17. The zero-order chi connectivity index (χ0) is 17.8. The molecule has 1 aromatic carbocycles.